The summed E-state index contributed by atoms with van der Waals surface area (Å²) in [7, 11) is 1.73. The van der Waals surface area contributed by atoms with Gasteiger partial charge in [-0.2, -0.15) is 0 Å². The molecule has 0 aliphatic rings. The van der Waals surface area contributed by atoms with Gasteiger partial charge >= 0.3 is 0 Å². The molecule has 0 radical (unpaired) electrons. The SMILES string of the molecule is CCCNC(C)(CO)CN(CC)C(C)COC. The van der Waals surface area contributed by atoms with Crippen LogP contribution in [0.3, 0.4) is 0 Å². The van der Waals surface area contributed by atoms with Crippen LogP contribution in [0.5, 0.6) is 0 Å². The molecule has 0 fully saturated rings. The van der Waals surface area contributed by atoms with Crippen molar-refractivity contribution in [2.75, 3.05) is 40.0 Å². The lowest BCUT2D eigenvalue weighted by Gasteiger charge is -2.37. The molecule has 104 valence electrons. The largest absolute Gasteiger partial charge is 0.394 e. The van der Waals surface area contributed by atoms with E-state index in [1.807, 2.05) is 0 Å². The van der Waals surface area contributed by atoms with Gasteiger partial charge in [0, 0.05) is 19.7 Å². The first-order chi connectivity index (χ1) is 8.02. The molecule has 0 saturated heterocycles. The highest BCUT2D eigenvalue weighted by Crippen LogP contribution is 2.09. The Balaban J connectivity index is 4.38. The van der Waals surface area contributed by atoms with Gasteiger partial charge in [0.2, 0.25) is 0 Å². The maximum absolute atomic E-state index is 9.55. The van der Waals surface area contributed by atoms with Crippen molar-refractivity contribution < 1.29 is 9.84 Å². The van der Waals surface area contributed by atoms with Gasteiger partial charge in [0.15, 0.2) is 0 Å². The minimum Gasteiger partial charge on any atom is -0.394 e. The average Bonchev–Trinajstić information content (AvgIpc) is 2.33. The van der Waals surface area contributed by atoms with Gasteiger partial charge < -0.3 is 15.2 Å². The molecule has 0 amide bonds. The topological polar surface area (TPSA) is 44.7 Å². The minimum atomic E-state index is -0.228. The van der Waals surface area contributed by atoms with Crippen LogP contribution in [0.2, 0.25) is 0 Å². The molecule has 2 unspecified atom stereocenters. The van der Waals surface area contributed by atoms with Gasteiger partial charge in [-0.1, -0.05) is 13.8 Å². The molecule has 0 aliphatic heterocycles. The highest BCUT2D eigenvalue weighted by Gasteiger charge is 2.27. The molecule has 0 bridgehead atoms. The van der Waals surface area contributed by atoms with Crippen LogP contribution in [-0.4, -0.2) is 61.5 Å². The summed E-state index contributed by atoms with van der Waals surface area (Å²) in [5.41, 5.74) is -0.228. The number of rotatable bonds is 10. The maximum atomic E-state index is 9.55. The molecule has 0 aromatic heterocycles. The number of methoxy groups -OCH3 is 1. The van der Waals surface area contributed by atoms with Crippen LogP contribution in [0.1, 0.15) is 34.1 Å². The van der Waals surface area contributed by atoms with E-state index < -0.39 is 0 Å². The third-order valence-corrected chi connectivity index (χ3v) is 3.14. The molecule has 2 N–H and O–H groups in total. The van der Waals surface area contributed by atoms with E-state index in [9.17, 15) is 5.11 Å². The first-order valence-electron chi connectivity index (χ1n) is 6.61. The van der Waals surface area contributed by atoms with E-state index in [0.717, 1.165) is 32.7 Å². The second kappa shape index (κ2) is 8.86. The Bertz CT molecular complexity index is 190. The van der Waals surface area contributed by atoms with Crippen molar-refractivity contribution in [3.63, 3.8) is 0 Å². The molecule has 4 heteroatoms. The smallest absolute Gasteiger partial charge is 0.0623 e. The zero-order chi connectivity index (χ0) is 13.3. The monoisotopic (exact) mass is 246 g/mol. The Kier molecular flexibility index (Phi) is 8.78. The van der Waals surface area contributed by atoms with E-state index in [1.165, 1.54) is 0 Å². The summed E-state index contributed by atoms with van der Waals surface area (Å²) in [5.74, 6) is 0. The standard InChI is InChI=1S/C13H30N2O2/c1-6-8-14-13(4,11-16)10-15(7-2)12(3)9-17-5/h12,14,16H,6-11H2,1-5H3. The molecule has 0 aromatic carbocycles. The zero-order valence-electron chi connectivity index (χ0n) is 12.1. The van der Waals surface area contributed by atoms with Gasteiger partial charge in [-0.3, -0.25) is 4.90 Å². The summed E-state index contributed by atoms with van der Waals surface area (Å²) in [5, 5.41) is 13.0. The second-order valence-electron chi connectivity index (χ2n) is 5.01. The normalized spacial score (nSPS) is 17.1. The average molecular weight is 246 g/mol. The Morgan fingerprint density at radius 1 is 1.41 bits per heavy atom. The third-order valence-electron chi connectivity index (χ3n) is 3.14. The quantitative estimate of drug-likeness (QED) is 0.606. The van der Waals surface area contributed by atoms with Crippen molar-refractivity contribution in [3.8, 4) is 0 Å². The van der Waals surface area contributed by atoms with Gasteiger partial charge in [-0.05, 0) is 33.4 Å². The third kappa shape index (κ3) is 6.36. The fraction of sp³-hybridized carbons (Fsp3) is 1.00. The van der Waals surface area contributed by atoms with Gasteiger partial charge in [0.25, 0.3) is 0 Å². The highest BCUT2D eigenvalue weighted by molar-refractivity contribution is 4.87. The van der Waals surface area contributed by atoms with Crippen LogP contribution in [0.15, 0.2) is 0 Å². The number of nitrogens with one attached hydrogen (secondary N) is 1. The van der Waals surface area contributed by atoms with Crippen LogP contribution in [0.4, 0.5) is 0 Å². The molecule has 0 aliphatic carbocycles. The van der Waals surface area contributed by atoms with E-state index in [-0.39, 0.29) is 12.1 Å². The first-order valence-corrected chi connectivity index (χ1v) is 6.61. The Morgan fingerprint density at radius 2 is 2.06 bits per heavy atom. The minimum absolute atomic E-state index is 0.156. The molecular formula is C13H30N2O2. The number of hydrogen-bond acceptors (Lipinski definition) is 4. The van der Waals surface area contributed by atoms with E-state index in [1.54, 1.807) is 7.11 Å². The lowest BCUT2D eigenvalue weighted by atomic mass is 10.0. The summed E-state index contributed by atoms with van der Waals surface area (Å²) >= 11 is 0. The van der Waals surface area contributed by atoms with Crippen molar-refractivity contribution in [1.82, 2.24) is 10.2 Å². The van der Waals surface area contributed by atoms with Crippen molar-refractivity contribution in [2.24, 2.45) is 0 Å². The Hall–Kier alpha value is -0.160. The molecule has 4 nitrogen and oxygen atoms in total. The fourth-order valence-electron chi connectivity index (χ4n) is 1.96. The number of hydrogen-bond donors (Lipinski definition) is 2. The number of nitrogens with zero attached hydrogens (tertiary/aromatic N) is 1. The van der Waals surface area contributed by atoms with Crippen molar-refractivity contribution in [1.29, 1.82) is 0 Å². The fourth-order valence-corrected chi connectivity index (χ4v) is 1.96. The van der Waals surface area contributed by atoms with Gasteiger partial charge in [0.1, 0.15) is 0 Å². The summed E-state index contributed by atoms with van der Waals surface area (Å²) in [6, 6.07) is 0.374. The van der Waals surface area contributed by atoms with Gasteiger partial charge in [0.05, 0.1) is 18.8 Å². The van der Waals surface area contributed by atoms with Gasteiger partial charge in [-0.15, -0.1) is 0 Å². The zero-order valence-corrected chi connectivity index (χ0v) is 12.1. The molecule has 0 spiro atoms. The Labute approximate surface area is 106 Å². The van der Waals surface area contributed by atoms with Crippen LogP contribution in [0.25, 0.3) is 0 Å². The predicted octanol–water partition coefficient (Wildman–Crippen LogP) is 1.09. The van der Waals surface area contributed by atoms with Crippen molar-refractivity contribution >= 4 is 0 Å². The molecule has 0 heterocycles. The van der Waals surface area contributed by atoms with E-state index in [0.29, 0.717) is 6.04 Å². The van der Waals surface area contributed by atoms with E-state index >= 15 is 0 Å². The lowest BCUT2D eigenvalue weighted by Crippen LogP contribution is -2.56. The lowest BCUT2D eigenvalue weighted by molar-refractivity contribution is 0.0635. The molecule has 0 aromatic rings. The first kappa shape index (κ1) is 16.8. The molecule has 2 atom stereocenters. The van der Waals surface area contributed by atoms with Gasteiger partial charge in [-0.25, -0.2) is 0 Å². The number of aliphatic hydroxyl groups excluding tert-OH is 1. The highest BCUT2D eigenvalue weighted by atomic mass is 16.5. The predicted molar refractivity (Wildman–Crippen MR) is 72.4 cm³/mol. The molecule has 0 saturated carbocycles. The summed E-state index contributed by atoms with van der Waals surface area (Å²) < 4.78 is 5.19. The number of likely N-dealkylation sites (N-methyl/N-ethyl adjacent to an activating group) is 1. The van der Waals surface area contributed by atoms with E-state index in [2.05, 4.69) is 37.9 Å². The second-order valence-corrected chi connectivity index (χ2v) is 5.01. The van der Waals surface area contributed by atoms with Crippen molar-refractivity contribution in [3.05, 3.63) is 0 Å². The molecule has 17 heavy (non-hydrogen) atoms. The van der Waals surface area contributed by atoms with Crippen LogP contribution < -0.4 is 5.32 Å². The Morgan fingerprint density at radius 3 is 2.47 bits per heavy atom. The summed E-state index contributed by atoms with van der Waals surface area (Å²) in [6.45, 7) is 12.1. The molecule has 0 rings (SSSR count). The van der Waals surface area contributed by atoms with Crippen molar-refractivity contribution in [2.45, 2.75) is 45.7 Å². The number of aliphatic hydroxyl groups is 1. The van der Waals surface area contributed by atoms with Crippen LogP contribution in [-0.2, 0) is 4.74 Å². The van der Waals surface area contributed by atoms with E-state index in [4.69, 9.17) is 4.74 Å². The molecular weight excluding hydrogens is 216 g/mol. The maximum Gasteiger partial charge on any atom is 0.0623 e. The van der Waals surface area contributed by atoms with Crippen LogP contribution in [0, 0.1) is 0 Å². The summed E-state index contributed by atoms with van der Waals surface area (Å²) in [4.78, 5) is 2.34. The summed E-state index contributed by atoms with van der Waals surface area (Å²) in [6.07, 6.45) is 1.08. The van der Waals surface area contributed by atoms with Crippen LogP contribution >= 0.6 is 0 Å². The number of ether oxygens (including phenoxy) is 1.